The number of hydrogen-bond acceptors (Lipinski definition) is 5. The summed E-state index contributed by atoms with van der Waals surface area (Å²) in [6.07, 6.45) is -0.690. The van der Waals surface area contributed by atoms with E-state index in [4.69, 9.17) is 14.2 Å². The monoisotopic (exact) mass is 384 g/mol. The minimum atomic E-state index is -0.690. The van der Waals surface area contributed by atoms with Crippen LogP contribution >= 0.6 is 0 Å². The molecule has 2 aromatic rings. The maximum atomic E-state index is 12.6. The topological polar surface area (TPSA) is 77.1 Å². The summed E-state index contributed by atoms with van der Waals surface area (Å²) in [6.45, 7) is 4.82. The summed E-state index contributed by atoms with van der Waals surface area (Å²) >= 11 is 0. The van der Waals surface area contributed by atoms with Crippen LogP contribution < -0.4 is 19.5 Å². The lowest BCUT2D eigenvalue weighted by Crippen LogP contribution is -2.44. The molecule has 0 radical (unpaired) electrons. The molecule has 1 N–H and O–H groups in total. The Balaban J connectivity index is 1.57. The predicted molar refractivity (Wildman–Crippen MR) is 105 cm³/mol. The van der Waals surface area contributed by atoms with E-state index in [1.807, 2.05) is 25.1 Å². The standard InChI is InChI=1S/C21H24N2O5/c1-3-23(21(25)15(2)28-17-7-5-4-6-8-17)14-20(24)22-16-9-10-18-19(13-16)27-12-11-26-18/h4-10,13,15H,3,11-12,14H2,1-2H3,(H,22,24). The summed E-state index contributed by atoms with van der Waals surface area (Å²) in [4.78, 5) is 26.5. The minimum absolute atomic E-state index is 0.0632. The Bertz CT molecular complexity index is 825. The van der Waals surface area contributed by atoms with Crippen LogP contribution in [0.3, 0.4) is 0 Å². The average Bonchev–Trinajstić information content (AvgIpc) is 2.72. The van der Waals surface area contributed by atoms with Gasteiger partial charge in [-0.05, 0) is 38.1 Å². The fourth-order valence-electron chi connectivity index (χ4n) is 2.85. The van der Waals surface area contributed by atoms with Gasteiger partial charge >= 0.3 is 0 Å². The lowest BCUT2D eigenvalue weighted by Gasteiger charge is -2.24. The van der Waals surface area contributed by atoms with Crippen molar-refractivity contribution in [3.8, 4) is 17.2 Å². The number of ether oxygens (including phenoxy) is 3. The van der Waals surface area contributed by atoms with Crippen molar-refractivity contribution in [2.75, 3.05) is 31.6 Å². The third-order valence-corrected chi connectivity index (χ3v) is 4.26. The lowest BCUT2D eigenvalue weighted by molar-refractivity contribution is -0.140. The van der Waals surface area contributed by atoms with E-state index in [0.717, 1.165) is 0 Å². The first kappa shape index (κ1) is 19.5. The Morgan fingerprint density at radius 1 is 1.11 bits per heavy atom. The molecule has 7 heteroatoms. The van der Waals surface area contributed by atoms with E-state index in [1.54, 1.807) is 37.3 Å². The highest BCUT2D eigenvalue weighted by molar-refractivity contribution is 5.95. The van der Waals surface area contributed by atoms with Crippen molar-refractivity contribution in [3.63, 3.8) is 0 Å². The highest BCUT2D eigenvalue weighted by Crippen LogP contribution is 2.32. The van der Waals surface area contributed by atoms with E-state index < -0.39 is 6.10 Å². The largest absolute Gasteiger partial charge is 0.486 e. The van der Waals surface area contributed by atoms with Crippen molar-refractivity contribution >= 4 is 17.5 Å². The Kier molecular flexibility index (Phi) is 6.37. The summed E-state index contributed by atoms with van der Waals surface area (Å²) in [5.74, 6) is 1.32. The number of nitrogens with one attached hydrogen (secondary N) is 1. The molecule has 1 aliphatic heterocycles. The summed E-state index contributed by atoms with van der Waals surface area (Å²) in [6, 6.07) is 14.3. The van der Waals surface area contributed by atoms with Crippen molar-refractivity contribution in [3.05, 3.63) is 48.5 Å². The van der Waals surface area contributed by atoms with Crippen LogP contribution in [0, 0.1) is 0 Å². The fourth-order valence-corrected chi connectivity index (χ4v) is 2.85. The van der Waals surface area contributed by atoms with Crippen LogP contribution in [0.1, 0.15) is 13.8 Å². The van der Waals surface area contributed by atoms with Crippen LogP contribution in [0.15, 0.2) is 48.5 Å². The number of hydrogen-bond donors (Lipinski definition) is 1. The highest BCUT2D eigenvalue weighted by atomic mass is 16.6. The van der Waals surface area contributed by atoms with Gasteiger partial charge in [-0.2, -0.15) is 0 Å². The number of para-hydroxylation sites is 1. The Hall–Kier alpha value is -3.22. The van der Waals surface area contributed by atoms with E-state index in [-0.39, 0.29) is 18.4 Å². The van der Waals surface area contributed by atoms with E-state index in [0.29, 0.717) is 42.7 Å². The molecule has 0 aliphatic carbocycles. The molecule has 2 amide bonds. The van der Waals surface area contributed by atoms with Crippen LogP contribution in [0.2, 0.25) is 0 Å². The minimum Gasteiger partial charge on any atom is -0.486 e. The average molecular weight is 384 g/mol. The molecule has 0 bridgehead atoms. The number of rotatable bonds is 7. The van der Waals surface area contributed by atoms with Gasteiger partial charge in [0.25, 0.3) is 5.91 Å². The number of carbonyl (C=O) groups excluding carboxylic acids is 2. The molecule has 1 aliphatic rings. The first-order valence-corrected chi connectivity index (χ1v) is 9.27. The zero-order valence-electron chi connectivity index (χ0n) is 16.0. The molecule has 3 rings (SSSR count). The summed E-state index contributed by atoms with van der Waals surface area (Å²) in [5, 5.41) is 2.79. The normalized spacial score (nSPS) is 13.4. The number of likely N-dealkylation sites (N-methyl/N-ethyl adjacent to an activating group) is 1. The Morgan fingerprint density at radius 2 is 1.82 bits per heavy atom. The summed E-state index contributed by atoms with van der Waals surface area (Å²) < 4.78 is 16.7. The van der Waals surface area contributed by atoms with Gasteiger partial charge in [0.15, 0.2) is 17.6 Å². The first-order chi connectivity index (χ1) is 13.6. The molecule has 148 valence electrons. The Morgan fingerprint density at radius 3 is 2.54 bits per heavy atom. The predicted octanol–water partition coefficient (Wildman–Crippen LogP) is 2.71. The second-order valence-corrected chi connectivity index (χ2v) is 6.33. The molecule has 1 heterocycles. The molecule has 1 atom stereocenters. The maximum absolute atomic E-state index is 12.6. The van der Waals surface area contributed by atoms with Crippen molar-refractivity contribution in [2.24, 2.45) is 0 Å². The Labute approximate surface area is 164 Å². The van der Waals surface area contributed by atoms with E-state index in [1.165, 1.54) is 4.90 Å². The second-order valence-electron chi connectivity index (χ2n) is 6.33. The molecule has 0 saturated carbocycles. The van der Waals surface area contributed by atoms with Crippen LogP contribution in [-0.4, -0.2) is 49.1 Å². The van der Waals surface area contributed by atoms with Crippen LogP contribution in [-0.2, 0) is 9.59 Å². The van der Waals surface area contributed by atoms with E-state index in [2.05, 4.69) is 5.32 Å². The summed E-state index contributed by atoms with van der Waals surface area (Å²) in [7, 11) is 0. The molecule has 0 fully saturated rings. The molecular weight excluding hydrogens is 360 g/mol. The van der Waals surface area contributed by atoms with Gasteiger partial charge in [-0.3, -0.25) is 9.59 Å². The third-order valence-electron chi connectivity index (χ3n) is 4.26. The SMILES string of the molecule is CCN(CC(=O)Nc1ccc2c(c1)OCCO2)C(=O)C(C)Oc1ccccc1. The third kappa shape index (κ3) is 4.94. The van der Waals surface area contributed by atoms with Gasteiger partial charge in [0.2, 0.25) is 5.91 Å². The number of nitrogens with zero attached hydrogens (tertiary/aromatic N) is 1. The number of carbonyl (C=O) groups is 2. The second kappa shape index (κ2) is 9.12. The smallest absolute Gasteiger partial charge is 0.263 e. The molecule has 28 heavy (non-hydrogen) atoms. The van der Waals surface area contributed by atoms with Gasteiger partial charge in [-0.25, -0.2) is 0 Å². The first-order valence-electron chi connectivity index (χ1n) is 9.27. The summed E-state index contributed by atoms with van der Waals surface area (Å²) in [5.41, 5.74) is 0.589. The van der Waals surface area contributed by atoms with Crippen molar-refractivity contribution in [2.45, 2.75) is 20.0 Å². The molecule has 7 nitrogen and oxygen atoms in total. The van der Waals surface area contributed by atoms with E-state index >= 15 is 0 Å². The number of amides is 2. The quantitative estimate of drug-likeness (QED) is 0.794. The van der Waals surface area contributed by atoms with Gasteiger partial charge in [-0.15, -0.1) is 0 Å². The molecule has 0 saturated heterocycles. The number of anilines is 1. The van der Waals surface area contributed by atoms with Gasteiger partial charge < -0.3 is 24.4 Å². The maximum Gasteiger partial charge on any atom is 0.263 e. The zero-order valence-corrected chi connectivity index (χ0v) is 16.0. The van der Waals surface area contributed by atoms with Crippen molar-refractivity contribution in [1.82, 2.24) is 4.90 Å². The van der Waals surface area contributed by atoms with Gasteiger partial charge in [0.1, 0.15) is 19.0 Å². The van der Waals surface area contributed by atoms with Gasteiger partial charge in [0, 0.05) is 18.3 Å². The van der Waals surface area contributed by atoms with Crippen LogP contribution in [0.4, 0.5) is 5.69 Å². The van der Waals surface area contributed by atoms with Crippen molar-refractivity contribution in [1.29, 1.82) is 0 Å². The highest BCUT2D eigenvalue weighted by Gasteiger charge is 2.23. The number of benzene rings is 2. The molecule has 0 aromatic heterocycles. The van der Waals surface area contributed by atoms with Crippen molar-refractivity contribution < 1.29 is 23.8 Å². The molecule has 2 aromatic carbocycles. The molecule has 0 spiro atoms. The lowest BCUT2D eigenvalue weighted by atomic mass is 10.2. The van der Waals surface area contributed by atoms with Gasteiger partial charge in [0.05, 0.1) is 6.54 Å². The van der Waals surface area contributed by atoms with E-state index in [9.17, 15) is 9.59 Å². The fraction of sp³-hybridized carbons (Fsp3) is 0.333. The van der Waals surface area contributed by atoms with Crippen LogP contribution in [0.25, 0.3) is 0 Å². The van der Waals surface area contributed by atoms with Gasteiger partial charge in [-0.1, -0.05) is 18.2 Å². The van der Waals surface area contributed by atoms with Crippen LogP contribution in [0.5, 0.6) is 17.2 Å². The molecule has 1 unspecified atom stereocenters. The number of fused-ring (bicyclic) bond motifs is 1. The molecular formula is C21H24N2O5. The zero-order chi connectivity index (χ0) is 19.9.